The van der Waals surface area contributed by atoms with Crippen molar-refractivity contribution in [3.05, 3.63) is 18.2 Å². The maximum Gasteiger partial charge on any atom is 0.409 e. The van der Waals surface area contributed by atoms with Crippen LogP contribution in [0.4, 0.5) is 10.5 Å². The van der Waals surface area contributed by atoms with Crippen molar-refractivity contribution in [3.63, 3.8) is 0 Å². The van der Waals surface area contributed by atoms with Crippen LogP contribution in [0, 0.1) is 0 Å². The van der Waals surface area contributed by atoms with Crippen LogP contribution in [-0.2, 0) is 19.6 Å². The number of ether oxygens (including phenoxy) is 2. The summed E-state index contributed by atoms with van der Waals surface area (Å²) in [5.41, 5.74) is 0.249. The van der Waals surface area contributed by atoms with E-state index in [1.165, 1.54) is 44.3 Å². The van der Waals surface area contributed by atoms with Crippen LogP contribution in [0.5, 0.6) is 5.75 Å². The van der Waals surface area contributed by atoms with Crippen LogP contribution in [0.1, 0.15) is 6.42 Å². The van der Waals surface area contributed by atoms with E-state index in [9.17, 15) is 18.0 Å². The largest absolute Gasteiger partial charge is 0.495 e. The number of nitrogens with zero attached hydrogens (tertiary/aromatic N) is 2. The summed E-state index contributed by atoms with van der Waals surface area (Å²) in [5, 5.41) is 2.63. The van der Waals surface area contributed by atoms with Gasteiger partial charge in [-0.2, -0.15) is 0 Å². The number of hydrogen-bond acceptors (Lipinski definition) is 6. The number of methoxy groups -OCH3 is 1. The molecule has 1 saturated heterocycles. The van der Waals surface area contributed by atoms with Crippen molar-refractivity contribution < 1.29 is 27.5 Å². The van der Waals surface area contributed by atoms with Crippen molar-refractivity contribution in [2.75, 3.05) is 46.2 Å². The van der Waals surface area contributed by atoms with Crippen LogP contribution < -0.4 is 10.1 Å². The second-order valence-corrected chi connectivity index (χ2v) is 7.70. The van der Waals surface area contributed by atoms with E-state index in [1.54, 1.807) is 0 Å². The van der Waals surface area contributed by atoms with E-state index in [2.05, 4.69) is 5.32 Å². The topological polar surface area (TPSA) is 105 Å². The molecular weight excluding hydrogens is 350 g/mol. The van der Waals surface area contributed by atoms with Gasteiger partial charge in [0.15, 0.2) is 0 Å². The molecule has 10 heteroatoms. The first kappa shape index (κ1) is 19.0. The first-order valence-corrected chi connectivity index (χ1v) is 9.02. The third kappa shape index (κ3) is 4.40. The Kier molecular flexibility index (Phi) is 5.85. The molecule has 0 spiro atoms. The smallest absolute Gasteiger partial charge is 0.409 e. The van der Waals surface area contributed by atoms with Gasteiger partial charge in [0.2, 0.25) is 15.9 Å². The summed E-state index contributed by atoms with van der Waals surface area (Å²) in [5.74, 6) is -0.0240. The van der Waals surface area contributed by atoms with Crippen molar-refractivity contribution in [3.8, 4) is 5.75 Å². The zero-order valence-corrected chi connectivity index (χ0v) is 15.1. The molecule has 1 aromatic carbocycles. The van der Waals surface area contributed by atoms with Gasteiger partial charge >= 0.3 is 6.09 Å². The van der Waals surface area contributed by atoms with Gasteiger partial charge in [0.25, 0.3) is 0 Å². The molecule has 0 saturated carbocycles. The number of rotatable bonds is 7. The van der Waals surface area contributed by atoms with E-state index < -0.39 is 16.1 Å². The standard InChI is InChI=1S/C15H21N3O6S/c1-17(2)25(21,22)11-4-5-13(23-3)12(10-11)16-14(19)6-7-18-8-9-24-15(18)20/h4-5,10H,6-9H2,1-3H3,(H,16,19). The molecule has 25 heavy (non-hydrogen) atoms. The van der Waals surface area contributed by atoms with E-state index in [0.717, 1.165) is 4.31 Å². The highest BCUT2D eigenvalue weighted by Crippen LogP contribution is 2.28. The van der Waals surface area contributed by atoms with Crippen molar-refractivity contribution in [1.29, 1.82) is 0 Å². The van der Waals surface area contributed by atoms with Gasteiger partial charge in [-0.25, -0.2) is 17.5 Å². The molecule has 0 aliphatic carbocycles. The molecular formula is C15H21N3O6S. The van der Waals surface area contributed by atoms with Crippen LogP contribution in [-0.4, -0.2) is 70.5 Å². The third-order valence-electron chi connectivity index (χ3n) is 3.68. The van der Waals surface area contributed by atoms with Crippen LogP contribution in [0.2, 0.25) is 0 Å². The highest BCUT2D eigenvalue weighted by Gasteiger charge is 2.23. The highest BCUT2D eigenvalue weighted by atomic mass is 32.2. The molecule has 2 amide bonds. The summed E-state index contributed by atoms with van der Waals surface area (Å²) in [4.78, 5) is 25.0. The molecule has 1 aromatic rings. The van der Waals surface area contributed by atoms with Gasteiger partial charge in [0, 0.05) is 27.1 Å². The monoisotopic (exact) mass is 371 g/mol. The number of carbonyl (C=O) groups excluding carboxylic acids is 2. The van der Waals surface area contributed by atoms with Gasteiger partial charge in [0.1, 0.15) is 12.4 Å². The normalized spacial score (nSPS) is 14.6. The quantitative estimate of drug-likeness (QED) is 0.757. The number of benzene rings is 1. The molecule has 0 atom stereocenters. The van der Waals surface area contributed by atoms with Crippen LogP contribution >= 0.6 is 0 Å². The molecule has 1 heterocycles. The van der Waals surface area contributed by atoms with Crippen LogP contribution in [0.3, 0.4) is 0 Å². The number of carbonyl (C=O) groups is 2. The minimum Gasteiger partial charge on any atom is -0.495 e. The summed E-state index contributed by atoms with van der Waals surface area (Å²) < 4.78 is 35.5. The number of anilines is 1. The second-order valence-electron chi connectivity index (χ2n) is 5.55. The van der Waals surface area contributed by atoms with Crippen LogP contribution in [0.25, 0.3) is 0 Å². The molecule has 1 aliphatic heterocycles. The van der Waals surface area contributed by atoms with Crippen LogP contribution in [0.15, 0.2) is 23.1 Å². The molecule has 0 aromatic heterocycles. The van der Waals surface area contributed by atoms with Crippen molar-refractivity contribution in [1.82, 2.24) is 9.21 Å². The van der Waals surface area contributed by atoms with Gasteiger partial charge in [-0.15, -0.1) is 0 Å². The fourth-order valence-corrected chi connectivity index (χ4v) is 3.16. The maximum atomic E-state index is 12.2. The summed E-state index contributed by atoms with van der Waals surface area (Å²) in [6.07, 6.45) is -0.382. The zero-order chi connectivity index (χ0) is 18.6. The Bertz CT molecular complexity index is 763. The summed E-state index contributed by atoms with van der Waals surface area (Å²) in [6, 6.07) is 4.23. The highest BCUT2D eigenvalue weighted by molar-refractivity contribution is 7.89. The first-order valence-electron chi connectivity index (χ1n) is 7.58. The molecule has 0 unspecified atom stereocenters. The molecule has 0 radical (unpaired) electrons. The lowest BCUT2D eigenvalue weighted by atomic mass is 10.2. The number of cyclic esters (lactones) is 1. The zero-order valence-electron chi connectivity index (χ0n) is 14.3. The average Bonchev–Trinajstić information content (AvgIpc) is 2.97. The van der Waals surface area contributed by atoms with E-state index in [4.69, 9.17) is 9.47 Å². The number of amides is 2. The second kappa shape index (κ2) is 7.70. The molecule has 9 nitrogen and oxygen atoms in total. The van der Waals surface area contributed by atoms with Gasteiger partial charge in [0.05, 0.1) is 24.2 Å². The van der Waals surface area contributed by atoms with Crippen molar-refractivity contribution in [2.45, 2.75) is 11.3 Å². The predicted molar refractivity (Wildman–Crippen MR) is 90.0 cm³/mol. The van der Waals surface area contributed by atoms with Crippen molar-refractivity contribution in [2.24, 2.45) is 0 Å². The molecule has 1 N–H and O–H groups in total. The molecule has 1 aliphatic rings. The summed E-state index contributed by atoms with van der Waals surface area (Å²) >= 11 is 0. The fraction of sp³-hybridized carbons (Fsp3) is 0.467. The summed E-state index contributed by atoms with van der Waals surface area (Å²) in [7, 11) is 0.633. The average molecular weight is 371 g/mol. The lowest BCUT2D eigenvalue weighted by Crippen LogP contribution is -2.28. The van der Waals surface area contributed by atoms with E-state index in [0.29, 0.717) is 18.9 Å². The Balaban J connectivity index is 2.11. The number of nitrogens with one attached hydrogen (secondary N) is 1. The number of hydrogen-bond donors (Lipinski definition) is 1. The maximum absolute atomic E-state index is 12.2. The van der Waals surface area contributed by atoms with Gasteiger partial charge in [-0.05, 0) is 18.2 Å². The Morgan fingerprint density at radius 2 is 2.12 bits per heavy atom. The van der Waals surface area contributed by atoms with E-state index >= 15 is 0 Å². The SMILES string of the molecule is COc1ccc(S(=O)(=O)N(C)C)cc1NC(=O)CCN1CCOC1=O. The molecule has 2 rings (SSSR count). The van der Waals surface area contributed by atoms with E-state index in [1.807, 2.05) is 0 Å². The Morgan fingerprint density at radius 1 is 1.40 bits per heavy atom. The number of sulfonamides is 1. The lowest BCUT2D eigenvalue weighted by Gasteiger charge is -2.16. The minimum absolute atomic E-state index is 0.0386. The first-order chi connectivity index (χ1) is 11.8. The molecule has 1 fully saturated rings. The van der Waals surface area contributed by atoms with Crippen molar-refractivity contribution >= 4 is 27.7 Å². The molecule has 138 valence electrons. The van der Waals surface area contributed by atoms with E-state index in [-0.39, 0.29) is 29.5 Å². The predicted octanol–water partition coefficient (Wildman–Crippen LogP) is 0.726. The fourth-order valence-electron chi connectivity index (χ4n) is 2.23. The van der Waals surface area contributed by atoms with Gasteiger partial charge in [-0.1, -0.05) is 0 Å². The molecule has 0 bridgehead atoms. The minimum atomic E-state index is -3.64. The lowest BCUT2D eigenvalue weighted by molar-refractivity contribution is -0.116. The third-order valence-corrected chi connectivity index (χ3v) is 5.49. The van der Waals surface area contributed by atoms with Gasteiger partial charge in [-0.3, -0.25) is 4.79 Å². The Morgan fingerprint density at radius 3 is 2.68 bits per heavy atom. The summed E-state index contributed by atoms with van der Waals surface area (Å²) in [6.45, 7) is 0.993. The van der Waals surface area contributed by atoms with Gasteiger partial charge < -0.3 is 19.7 Å². The Hall–Kier alpha value is -2.33. The Labute approximate surface area is 146 Å².